The van der Waals surface area contributed by atoms with Crippen LogP contribution in [0.25, 0.3) is 16.2 Å². The second kappa shape index (κ2) is 9.69. The van der Waals surface area contributed by atoms with Crippen LogP contribution in [0.5, 0.6) is 17.2 Å². The molecule has 8 nitrogen and oxygen atoms in total. The van der Waals surface area contributed by atoms with Crippen molar-refractivity contribution in [3.05, 3.63) is 53.4 Å². The van der Waals surface area contributed by atoms with Crippen LogP contribution in [-0.2, 0) is 0 Å². The molecule has 0 bridgehead atoms. The number of ether oxygens (including phenoxy) is 3. The van der Waals surface area contributed by atoms with E-state index in [0.717, 1.165) is 11.3 Å². The highest BCUT2D eigenvalue weighted by atomic mass is 32.1. The molecule has 0 spiro atoms. The topological polar surface area (TPSA) is 87.0 Å². The Kier molecular flexibility index (Phi) is 6.55. The number of fused-ring (bicyclic) bond motifs is 1. The van der Waals surface area contributed by atoms with E-state index in [1.54, 1.807) is 16.6 Å². The van der Waals surface area contributed by atoms with Gasteiger partial charge in [-0.1, -0.05) is 30.3 Å². The van der Waals surface area contributed by atoms with Crippen LogP contribution in [0.3, 0.4) is 0 Å². The summed E-state index contributed by atoms with van der Waals surface area (Å²) in [6.07, 6.45) is 0. The number of thiazole rings is 1. The van der Waals surface area contributed by atoms with E-state index in [2.05, 4.69) is 15.4 Å². The normalized spacial score (nSPS) is 10.8. The molecular formula is C23H24N4O4S. The maximum absolute atomic E-state index is 13.0. The monoisotopic (exact) mass is 452 g/mol. The molecule has 0 saturated carbocycles. The van der Waals surface area contributed by atoms with E-state index in [1.165, 1.54) is 11.3 Å². The van der Waals surface area contributed by atoms with Crippen LogP contribution in [0.2, 0.25) is 0 Å². The van der Waals surface area contributed by atoms with E-state index in [4.69, 9.17) is 14.2 Å². The molecule has 0 atom stereocenters. The number of anilines is 1. The maximum atomic E-state index is 13.0. The van der Waals surface area contributed by atoms with E-state index >= 15 is 0 Å². The van der Waals surface area contributed by atoms with Crippen LogP contribution in [0, 0.1) is 0 Å². The van der Waals surface area contributed by atoms with E-state index in [9.17, 15) is 4.79 Å². The minimum absolute atomic E-state index is 0.226. The summed E-state index contributed by atoms with van der Waals surface area (Å²) in [5, 5.41) is 9.24. The van der Waals surface area contributed by atoms with Crippen LogP contribution in [0.1, 0.15) is 31.1 Å². The molecule has 0 aliphatic rings. The fourth-order valence-electron chi connectivity index (χ4n) is 3.24. The number of hydrogen-bond acceptors (Lipinski definition) is 7. The fraction of sp³-hybridized carbons (Fsp3) is 0.261. The number of nitrogens with zero attached hydrogens (tertiary/aromatic N) is 3. The Hall–Kier alpha value is -3.59. The molecule has 1 amide bonds. The summed E-state index contributed by atoms with van der Waals surface area (Å²) in [7, 11) is 0. The third-order valence-electron chi connectivity index (χ3n) is 4.55. The number of amides is 1. The highest BCUT2D eigenvalue weighted by molar-refractivity contribution is 7.15. The smallest absolute Gasteiger partial charge is 0.258 e. The second-order valence-corrected chi connectivity index (χ2v) is 7.51. The molecule has 2 aromatic heterocycles. The number of benzene rings is 2. The largest absolute Gasteiger partial charge is 0.490 e. The van der Waals surface area contributed by atoms with Crippen molar-refractivity contribution < 1.29 is 19.0 Å². The SMILES string of the molecule is CCOc1cc(C(=O)Nc2nc3scc(-c4ccccc4)n3n2)cc(OCC)c1OCC. The summed E-state index contributed by atoms with van der Waals surface area (Å²) in [5.74, 6) is 1.25. The van der Waals surface area contributed by atoms with Crippen LogP contribution in [0.4, 0.5) is 5.95 Å². The first-order valence-electron chi connectivity index (χ1n) is 10.4. The quantitative estimate of drug-likeness (QED) is 0.388. The molecule has 0 radical (unpaired) electrons. The Morgan fingerprint density at radius 1 is 1.00 bits per heavy atom. The molecule has 0 unspecified atom stereocenters. The van der Waals surface area contributed by atoms with Crippen molar-refractivity contribution in [2.75, 3.05) is 25.1 Å². The minimum atomic E-state index is -0.366. The summed E-state index contributed by atoms with van der Waals surface area (Å²) >= 11 is 1.46. The Labute approximate surface area is 189 Å². The molecule has 2 aromatic carbocycles. The second-order valence-electron chi connectivity index (χ2n) is 6.67. The summed E-state index contributed by atoms with van der Waals surface area (Å²) in [6.45, 7) is 6.93. The van der Waals surface area contributed by atoms with Crippen molar-refractivity contribution in [3.63, 3.8) is 0 Å². The Balaban J connectivity index is 1.63. The lowest BCUT2D eigenvalue weighted by atomic mass is 10.1. The highest BCUT2D eigenvalue weighted by Crippen LogP contribution is 2.39. The summed E-state index contributed by atoms with van der Waals surface area (Å²) in [5.41, 5.74) is 2.30. The Bertz CT molecular complexity index is 1190. The van der Waals surface area contributed by atoms with Gasteiger partial charge in [0.1, 0.15) is 0 Å². The van der Waals surface area contributed by atoms with Gasteiger partial charge in [0.2, 0.25) is 10.7 Å². The standard InChI is InChI=1S/C23H24N4O4S/c1-4-29-18-12-16(13-19(30-5-2)20(18)31-6-3)21(28)24-22-25-23-27(26-22)17(14-32-23)15-10-8-7-9-11-15/h7-14H,4-6H2,1-3H3,(H,24,26,28). The van der Waals surface area contributed by atoms with Gasteiger partial charge in [-0.05, 0) is 32.9 Å². The molecular weight excluding hydrogens is 428 g/mol. The number of nitrogens with one attached hydrogen (secondary N) is 1. The van der Waals surface area contributed by atoms with Gasteiger partial charge in [0.25, 0.3) is 11.9 Å². The van der Waals surface area contributed by atoms with Crippen molar-refractivity contribution in [2.24, 2.45) is 0 Å². The van der Waals surface area contributed by atoms with Gasteiger partial charge < -0.3 is 14.2 Å². The lowest BCUT2D eigenvalue weighted by Gasteiger charge is -2.16. The molecule has 4 aromatic rings. The van der Waals surface area contributed by atoms with Crippen molar-refractivity contribution in [1.82, 2.24) is 14.6 Å². The van der Waals surface area contributed by atoms with Gasteiger partial charge in [-0.2, -0.15) is 4.98 Å². The Morgan fingerprint density at radius 3 is 2.28 bits per heavy atom. The molecule has 32 heavy (non-hydrogen) atoms. The maximum Gasteiger partial charge on any atom is 0.258 e. The molecule has 2 heterocycles. The van der Waals surface area contributed by atoms with Crippen molar-refractivity contribution in [1.29, 1.82) is 0 Å². The van der Waals surface area contributed by atoms with Crippen LogP contribution < -0.4 is 19.5 Å². The molecule has 0 saturated heterocycles. The third-order valence-corrected chi connectivity index (χ3v) is 5.36. The molecule has 4 rings (SSSR count). The van der Waals surface area contributed by atoms with Gasteiger partial charge >= 0.3 is 0 Å². The fourth-order valence-corrected chi connectivity index (χ4v) is 4.07. The predicted octanol–water partition coefficient (Wildman–Crippen LogP) is 4.91. The zero-order valence-electron chi connectivity index (χ0n) is 18.1. The summed E-state index contributed by atoms with van der Waals surface area (Å²) in [6, 6.07) is 13.2. The van der Waals surface area contributed by atoms with Crippen LogP contribution >= 0.6 is 11.3 Å². The van der Waals surface area contributed by atoms with Gasteiger partial charge in [0.05, 0.1) is 25.5 Å². The molecule has 0 aliphatic heterocycles. The van der Waals surface area contributed by atoms with Crippen LogP contribution in [0.15, 0.2) is 47.8 Å². The van der Waals surface area contributed by atoms with Gasteiger partial charge in [0.15, 0.2) is 11.5 Å². The average Bonchev–Trinajstić information content (AvgIpc) is 3.37. The van der Waals surface area contributed by atoms with Crippen molar-refractivity contribution in [2.45, 2.75) is 20.8 Å². The first-order valence-corrected chi connectivity index (χ1v) is 11.3. The molecule has 0 aliphatic carbocycles. The number of carbonyl (C=O) groups excluding carboxylic acids is 1. The molecule has 1 N–H and O–H groups in total. The number of rotatable bonds is 9. The van der Waals surface area contributed by atoms with Gasteiger partial charge in [-0.15, -0.1) is 16.4 Å². The summed E-state index contributed by atoms with van der Waals surface area (Å²) in [4.78, 5) is 18.1. The minimum Gasteiger partial charge on any atom is -0.490 e. The number of aromatic nitrogens is 3. The van der Waals surface area contributed by atoms with Gasteiger partial charge in [-0.25, -0.2) is 4.52 Å². The van der Waals surface area contributed by atoms with Crippen molar-refractivity contribution >= 4 is 28.2 Å². The Morgan fingerprint density at radius 2 is 1.66 bits per heavy atom. The summed E-state index contributed by atoms with van der Waals surface area (Å²) < 4.78 is 18.8. The van der Waals surface area contributed by atoms with Crippen LogP contribution in [-0.4, -0.2) is 40.3 Å². The third kappa shape index (κ3) is 4.38. The van der Waals surface area contributed by atoms with Gasteiger partial charge in [-0.3, -0.25) is 10.1 Å². The lowest BCUT2D eigenvalue weighted by molar-refractivity contribution is 0.102. The number of hydrogen-bond donors (Lipinski definition) is 1. The first kappa shape index (κ1) is 21.6. The molecule has 9 heteroatoms. The zero-order valence-corrected chi connectivity index (χ0v) is 18.9. The molecule has 166 valence electrons. The van der Waals surface area contributed by atoms with Crippen molar-refractivity contribution in [3.8, 4) is 28.5 Å². The van der Waals surface area contributed by atoms with Gasteiger partial charge in [0, 0.05) is 16.5 Å². The van der Waals surface area contributed by atoms with E-state index in [-0.39, 0.29) is 11.9 Å². The number of carbonyl (C=O) groups is 1. The average molecular weight is 453 g/mol. The van der Waals surface area contributed by atoms with E-state index < -0.39 is 0 Å². The first-order chi connectivity index (χ1) is 15.6. The zero-order chi connectivity index (χ0) is 22.5. The highest BCUT2D eigenvalue weighted by Gasteiger charge is 2.20. The van der Waals surface area contributed by atoms with E-state index in [0.29, 0.717) is 47.6 Å². The lowest BCUT2D eigenvalue weighted by Crippen LogP contribution is -2.14. The van der Waals surface area contributed by atoms with E-state index in [1.807, 2.05) is 56.5 Å². The predicted molar refractivity (Wildman–Crippen MR) is 124 cm³/mol. The molecule has 0 fully saturated rings.